The van der Waals surface area contributed by atoms with Crippen molar-refractivity contribution in [2.24, 2.45) is 0 Å². The second kappa shape index (κ2) is 7.81. The highest BCUT2D eigenvalue weighted by molar-refractivity contribution is 9.10. The average Bonchev–Trinajstić information content (AvgIpc) is 2.64. The number of amides is 1. The first-order chi connectivity index (χ1) is 11.7. The summed E-state index contributed by atoms with van der Waals surface area (Å²) in [5, 5.41) is 0. The van der Waals surface area contributed by atoms with Crippen LogP contribution in [0.2, 0.25) is 0 Å². The molecule has 0 radical (unpaired) electrons. The number of hydrogen-bond donors (Lipinski definition) is 1. The number of methoxy groups -OCH3 is 1. The van der Waals surface area contributed by atoms with Crippen molar-refractivity contribution in [3.63, 3.8) is 0 Å². The Balaban J connectivity index is 1.54. The summed E-state index contributed by atoms with van der Waals surface area (Å²) in [6.45, 7) is 4.58. The van der Waals surface area contributed by atoms with Crippen LogP contribution in [0.25, 0.3) is 0 Å². The number of piperazine rings is 1. The molecule has 1 aliphatic heterocycles. The van der Waals surface area contributed by atoms with E-state index < -0.39 is 0 Å². The summed E-state index contributed by atoms with van der Waals surface area (Å²) < 4.78 is 6.25. The first kappa shape index (κ1) is 17.0. The Morgan fingerprint density at radius 3 is 2.29 bits per heavy atom. The number of quaternary nitrogens is 1. The van der Waals surface area contributed by atoms with Gasteiger partial charge in [0.25, 0.3) is 5.91 Å². The number of ether oxygens (including phenoxy) is 1. The highest BCUT2D eigenvalue weighted by Crippen LogP contribution is 2.13. The van der Waals surface area contributed by atoms with Gasteiger partial charge in [-0.05, 0) is 36.4 Å². The van der Waals surface area contributed by atoms with Crippen LogP contribution in [0.5, 0.6) is 5.75 Å². The molecule has 0 saturated carbocycles. The van der Waals surface area contributed by atoms with Gasteiger partial charge in [0.05, 0.1) is 33.3 Å². The van der Waals surface area contributed by atoms with Crippen LogP contribution in [0.15, 0.2) is 53.0 Å². The van der Waals surface area contributed by atoms with Gasteiger partial charge in [0.2, 0.25) is 0 Å². The van der Waals surface area contributed by atoms with Gasteiger partial charge >= 0.3 is 0 Å². The number of carbonyl (C=O) groups excluding carboxylic acids is 1. The lowest BCUT2D eigenvalue weighted by molar-refractivity contribution is -0.917. The number of carbonyl (C=O) groups is 1. The predicted molar refractivity (Wildman–Crippen MR) is 97.4 cm³/mol. The maximum absolute atomic E-state index is 12.6. The van der Waals surface area contributed by atoms with Crippen molar-refractivity contribution in [3.05, 3.63) is 64.1 Å². The van der Waals surface area contributed by atoms with Crippen LogP contribution < -0.4 is 9.64 Å². The summed E-state index contributed by atoms with van der Waals surface area (Å²) in [7, 11) is 1.63. The average molecular weight is 390 g/mol. The summed E-state index contributed by atoms with van der Waals surface area (Å²) in [4.78, 5) is 16.0. The number of halogens is 1. The Labute approximate surface area is 151 Å². The van der Waals surface area contributed by atoms with Crippen molar-refractivity contribution in [1.82, 2.24) is 4.90 Å². The van der Waals surface area contributed by atoms with Crippen LogP contribution in [-0.4, -0.2) is 44.1 Å². The lowest BCUT2D eigenvalue weighted by atomic mass is 10.1. The van der Waals surface area contributed by atoms with Crippen molar-refractivity contribution < 1.29 is 14.4 Å². The highest BCUT2D eigenvalue weighted by atomic mass is 79.9. The van der Waals surface area contributed by atoms with Gasteiger partial charge in [-0.1, -0.05) is 28.1 Å². The highest BCUT2D eigenvalue weighted by Gasteiger charge is 2.24. The number of rotatable bonds is 4. The Kier molecular flexibility index (Phi) is 5.53. The molecule has 0 bridgehead atoms. The normalized spacial score (nSPS) is 15.3. The van der Waals surface area contributed by atoms with Crippen molar-refractivity contribution in [2.75, 3.05) is 33.3 Å². The number of nitrogens with zero attached hydrogens (tertiary/aromatic N) is 1. The molecule has 0 unspecified atom stereocenters. The smallest absolute Gasteiger partial charge is 0.254 e. The second-order valence-corrected chi connectivity index (χ2v) is 6.99. The topological polar surface area (TPSA) is 34.0 Å². The van der Waals surface area contributed by atoms with Gasteiger partial charge in [-0.3, -0.25) is 4.79 Å². The Morgan fingerprint density at radius 1 is 1.08 bits per heavy atom. The Hall–Kier alpha value is -1.85. The maximum Gasteiger partial charge on any atom is 0.254 e. The van der Waals surface area contributed by atoms with Crippen LogP contribution in [0.1, 0.15) is 15.9 Å². The molecule has 0 aromatic heterocycles. The molecule has 1 heterocycles. The van der Waals surface area contributed by atoms with Crippen LogP contribution in [0, 0.1) is 0 Å². The fraction of sp³-hybridized carbons (Fsp3) is 0.316. The SMILES string of the molecule is COc1ccc(C(=O)N2CC[NH+](Cc3ccc(Br)cc3)CC2)cc1. The quantitative estimate of drug-likeness (QED) is 0.867. The van der Waals surface area contributed by atoms with Gasteiger partial charge in [0.15, 0.2) is 0 Å². The molecule has 1 N–H and O–H groups in total. The monoisotopic (exact) mass is 389 g/mol. The first-order valence-electron chi connectivity index (χ1n) is 8.17. The van der Waals surface area contributed by atoms with E-state index in [2.05, 4.69) is 40.2 Å². The van der Waals surface area contributed by atoms with Gasteiger partial charge < -0.3 is 14.5 Å². The first-order valence-corrected chi connectivity index (χ1v) is 8.96. The molecule has 1 fully saturated rings. The Morgan fingerprint density at radius 2 is 1.71 bits per heavy atom. The zero-order chi connectivity index (χ0) is 16.9. The molecule has 2 aromatic carbocycles. The third-order valence-electron chi connectivity index (χ3n) is 4.46. The van der Waals surface area contributed by atoms with E-state index >= 15 is 0 Å². The van der Waals surface area contributed by atoms with Crippen molar-refractivity contribution in [3.8, 4) is 5.75 Å². The summed E-state index contributed by atoms with van der Waals surface area (Å²) in [5.74, 6) is 0.885. The minimum Gasteiger partial charge on any atom is -0.497 e. The molecule has 4 nitrogen and oxygen atoms in total. The zero-order valence-corrected chi connectivity index (χ0v) is 15.4. The third kappa shape index (κ3) is 4.16. The molecule has 2 aromatic rings. The lowest BCUT2D eigenvalue weighted by Crippen LogP contribution is -3.13. The minimum atomic E-state index is 0.111. The molecule has 1 saturated heterocycles. The van der Waals surface area contributed by atoms with E-state index in [0.29, 0.717) is 0 Å². The fourth-order valence-electron chi connectivity index (χ4n) is 3.01. The summed E-state index contributed by atoms with van der Waals surface area (Å²) in [5.41, 5.74) is 2.07. The molecule has 3 rings (SSSR count). The van der Waals surface area contributed by atoms with E-state index in [1.807, 2.05) is 29.2 Å². The molecule has 1 aliphatic rings. The number of nitrogens with one attached hydrogen (secondary N) is 1. The van der Waals surface area contributed by atoms with Crippen molar-refractivity contribution >= 4 is 21.8 Å². The van der Waals surface area contributed by atoms with Crippen LogP contribution in [-0.2, 0) is 6.54 Å². The van der Waals surface area contributed by atoms with E-state index in [1.54, 1.807) is 7.11 Å². The number of benzene rings is 2. The number of hydrogen-bond acceptors (Lipinski definition) is 2. The van der Waals surface area contributed by atoms with Crippen molar-refractivity contribution in [2.45, 2.75) is 6.54 Å². The second-order valence-electron chi connectivity index (χ2n) is 6.07. The molecule has 1 amide bonds. The molecule has 0 aliphatic carbocycles. The third-order valence-corrected chi connectivity index (χ3v) is 4.99. The fourth-order valence-corrected chi connectivity index (χ4v) is 3.27. The molecular formula is C19H22BrN2O2+. The molecule has 5 heteroatoms. The van der Waals surface area contributed by atoms with Crippen LogP contribution >= 0.6 is 15.9 Å². The predicted octanol–water partition coefficient (Wildman–Crippen LogP) is 2.00. The summed E-state index contributed by atoms with van der Waals surface area (Å²) >= 11 is 3.47. The molecular weight excluding hydrogens is 368 g/mol. The van der Waals surface area contributed by atoms with E-state index in [0.717, 1.165) is 48.5 Å². The van der Waals surface area contributed by atoms with Crippen molar-refractivity contribution in [1.29, 1.82) is 0 Å². The summed E-state index contributed by atoms with van der Waals surface area (Å²) in [6, 6.07) is 15.8. The standard InChI is InChI=1S/C19H21BrN2O2/c1-24-18-8-4-16(5-9-18)19(23)22-12-10-21(11-13-22)14-15-2-6-17(20)7-3-15/h2-9H,10-14H2,1H3/p+1. The summed E-state index contributed by atoms with van der Waals surface area (Å²) in [6.07, 6.45) is 0. The molecule has 0 spiro atoms. The largest absolute Gasteiger partial charge is 0.497 e. The minimum absolute atomic E-state index is 0.111. The van der Waals surface area contributed by atoms with Gasteiger partial charge in [0, 0.05) is 15.6 Å². The van der Waals surface area contributed by atoms with Crippen LogP contribution in [0.4, 0.5) is 0 Å². The lowest BCUT2D eigenvalue weighted by Gasteiger charge is -2.32. The molecule has 126 valence electrons. The Bertz CT molecular complexity index is 678. The van der Waals surface area contributed by atoms with Gasteiger partial charge in [-0.15, -0.1) is 0 Å². The van der Waals surface area contributed by atoms with Crippen LogP contribution in [0.3, 0.4) is 0 Å². The van der Waals surface area contributed by atoms with Gasteiger partial charge in [0.1, 0.15) is 12.3 Å². The van der Waals surface area contributed by atoms with Gasteiger partial charge in [-0.25, -0.2) is 0 Å². The van der Waals surface area contributed by atoms with E-state index in [9.17, 15) is 4.79 Å². The molecule has 0 atom stereocenters. The van der Waals surface area contributed by atoms with E-state index in [4.69, 9.17) is 4.74 Å². The van der Waals surface area contributed by atoms with E-state index in [-0.39, 0.29) is 5.91 Å². The maximum atomic E-state index is 12.6. The molecule has 24 heavy (non-hydrogen) atoms. The van der Waals surface area contributed by atoms with E-state index in [1.165, 1.54) is 10.5 Å². The zero-order valence-electron chi connectivity index (χ0n) is 13.8. The van der Waals surface area contributed by atoms with Gasteiger partial charge in [-0.2, -0.15) is 0 Å².